The first-order chi connectivity index (χ1) is 17.9. The van der Waals surface area contributed by atoms with Gasteiger partial charge in [-0.05, 0) is 85.6 Å². The van der Waals surface area contributed by atoms with Gasteiger partial charge in [0.15, 0.2) is 0 Å². The Hall–Kier alpha value is -3.79. The molecule has 0 aliphatic carbocycles. The lowest BCUT2D eigenvalue weighted by Gasteiger charge is -2.43. The molecule has 2 N–H and O–H groups in total. The maximum absolute atomic E-state index is 14.4. The molecule has 7 nitrogen and oxygen atoms in total. The third-order valence-corrected chi connectivity index (χ3v) is 5.63. The average molecular weight is 534 g/mol. The van der Waals surface area contributed by atoms with Crippen LogP contribution < -0.4 is 10.6 Å². The molecule has 0 spiro atoms. The number of hydrogen-bond acceptors (Lipinski definition) is 4. The number of ether oxygens (including phenoxy) is 1. The number of carbonyl (C=O) groups excluding carboxylic acids is 3. The molecular formula is C32H43N3O4. The molecule has 0 radical (unpaired) electrons. The Bertz CT molecular complexity index is 1180. The van der Waals surface area contributed by atoms with Crippen LogP contribution in [0.25, 0.3) is 0 Å². The van der Waals surface area contributed by atoms with E-state index in [1.54, 1.807) is 49.9 Å². The highest BCUT2D eigenvalue weighted by atomic mass is 16.6. The lowest BCUT2D eigenvalue weighted by molar-refractivity contribution is -0.149. The molecule has 0 heterocycles. The predicted octanol–water partition coefficient (Wildman–Crippen LogP) is 5.39. The molecule has 2 rings (SSSR count). The van der Waals surface area contributed by atoms with E-state index in [9.17, 15) is 14.4 Å². The third-order valence-electron chi connectivity index (χ3n) is 5.63. The summed E-state index contributed by atoms with van der Waals surface area (Å²) in [5, 5.41) is 5.80. The quantitative estimate of drug-likeness (QED) is 0.468. The Balaban J connectivity index is 2.63. The molecule has 7 heteroatoms. The monoisotopic (exact) mass is 533 g/mol. The Morgan fingerprint density at radius 2 is 1.46 bits per heavy atom. The van der Waals surface area contributed by atoms with Crippen molar-refractivity contribution in [2.45, 2.75) is 97.5 Å². The van der Waals surface area contributed by atoms with E-state index in [0.717, 1.165) is 5.56 Å². The van der Waals surface area contributed by atoms with Crippen molar-refractivity contribution in [2.75, 3.05) is 0 Å². The van der Waals surface area contributed by atoms with Gasteiger partial charge in [0.2, 0.25) is 11.8 Å². The summed E-state index contributed by atoms with van der Waals surface area (Å²) >= 11 is 0. The van der Waals surface area contributed by atoms with Crippen molar-refractivity contribution in [3.05, 3.63) is 71.3 Å². The van der Waals surface area contributed by atoms with Crippen molar-refractivity contribution in [2.24, 2.45) is 0 Å². The van der Waals surface area contributed by atoms with Crippen LogP contribution >= 0.6 is 0 Å². The smallest absolute Gasteiger partial charge is 0.408 e. The van der Waals surface area contributed by atoms with Gasteiger partial charge >= 0.3 is 6.09 Å². The van der Waals surface area contributed by atoms with Crippen molar-refractivity contribution in [1.29, 1.82) is 0 Å². The van der Waals surface area contributed by atoms with Gasteiger partial charge in [0.1, 0.15) is 17.7 Å². The first-order valence-electron chi connectivity index (χ1n) is 13.2. The second-order valence-electron chi connectivity index (χ2n) is 12.7. The van der Waals surface area contributed by atoms with E-state index >= 15 is 0 Å². The number of benzene rings is 2. The van der Waals surface area contributed by atoms with Crippen LogP contribution in [-0.2, 0) is 20.7 Å². The SMILES string of the molecule is C#Cc1ccc(C(C(=O)NC(C)(C)C)N(C(=O)C(Cc2ccccc2)NC(=O)OC(C)(C)C)C(C)(C)C)cc1. The van der Waals surface area contributed by atoms with Gasteiger partial charge in [0.25, 0.3) is 0 Å². The summed E-state index contributed by atoms with van der Waals surface area (Å²) < 4.78 is 5.49. The van der Waals surface area contributed by atoms with E-state index in [-0.39, 0.29) is 12.3 Å². The normalized spacial score (nSPS) is 13.4. The van der Waals surface area contributed by atoms with Crippen LogP contribution in [0.15, 0.2) is 54.6 Å². The van der Waals surface area contributed by atoms with E-state index in [4.69, 9.17) is 11.2 Å². The molecule has 2 unspecified atom stereocenters. The molecule has 210 valence electrons. The second-order valence-corrected chi connectivity index (χ2v) is 12.7. The largest absolute Gasteiger partial charge is 0.444 e. The van der Waals surface area contributed by atoms with Crippen LogP contribution in [0.3, 0.4) is 0 Å². The predicted molar refractivity (Wildman–Crippen MR) is 155 cm³/mol. The van der Waals surface area contributed by atoms with Crippen LogP contribution in [-0.4, -0.2) is 45.5 Å². The van der Waals surface area contributed by atoms with Crippen LogP contribution in [0.2, 0.25) is 0 Å². The van der Waals surface area contributed by atoms with Gasteiger partial charge < -0.3 is 20.3 Å². The highest BCUT2D eigenvalue weighted by molar-refractivity contribution is 5.93. The molecule has 0 aliphatic heterocycles. The van der Waals surface area contributed by atoms with Gasteiger partial charge in [-0.25, -0.2) is 4.79 Å². The second kappa shape index (κ2) is 12.4. The number of nitrogens with zero attached hydrogens (tertiary/aromatic N) is 1. The van der Waals surface area contributed by atoms with E-state index in [1.807, 2.05) is 71.9 Å². The highest BCUT2D eigenvalue weighted by Crippen LogP contribution is 2.31. The number of terminal acetylenes is 1. The lowest BCUT2D eigenvalue weighted by atomic mass is 9.93. The van der Waals surface area contributed by atoms with Crippen LogP contribution in [0, 0.1) is 12.3 Å². The maximum atomic E-state index is 14.4. The fourth-order valence-corrected chi connectivity index (χ4v) is 4.13. The van der Waals surface area contributed by atoms with Crippen molar-refractivity contribution >= 4 is 17.9 Å². The zero-order valence-electron chi connectivity index (χ0n) is 24.7. The molecule has 39 heavy (non-hydrogen) atoms. The number of carbonyl (C=O) groups is 3. The molecule has 2 aromatic rings. The summed E-state index contributed by atoms with van der Waals surface area (Å²) in [5.74, 6) is 1.84. The number of hydrogen-bond donors (Lipinski definition) is 2. The van der Waals surface area contributed by atoms with Gasteiger partial charge in [0, 0.05) is 23.1 Å². The molecular weight excluding hydrogens is 490 g/mol. The molecule has 0 saturated heterocycles. The molecule has 3 amide bonds. The van der Waals surface area contributed by atoms with E-state index in [1.165, 1.54) is 0 Å². The number of alkyl carbamates (subject to hydrolysis) is 1. The lowest BCUT2D eigenvalue weighted by Crippen LogP contribution is -2.60. The van der Waals surface area contributed by atoms with Gasteiger partial charge in [-0.15, -0.1) is 6.42 Å². The molecule has 0 aliphatic rings. The van der Waals surface area contributed by atoms with Gasteiger partial charge in [-0.2, -0.15) is 0 Å². The molecule has 0 bridgehead atoms. The van der Waals surface area contributed by atoms with E-state index < -0.39 is 40.8 Å². The van der Waals surface area contributed by atoms with Gasteiger partial charge in [-0.1, -0.05) is 48.4 Å². The summed E-state index contributed by atoms with van der Waals surface area (Å²) in [6.45, 7) is 16.5. The van der Waals surface area contributed by atoms with Crippen LogP contribution in [0.5, 0.6) is 0 Å². The van der Waals surface area contributed by atoms with E-state index in [0.29, 0.717) is 11.1 Å². The zero-order chi connectivity index (χ0) is 29.6. The van der Waals surface area contributed by atoms with Crippen molar-refractivity contribution in [3.8, 4) is 12.3 Å². The van der Waals surface area contributed by atoms with Crippen molar-refractivity contribution in [1.82, 2.24) is 15.5 Å². The summed E-state index contributed by atoms with van der Waals surface area (Å²) in [7, 11) is 0. The summed E-state index contributed by atoms with van der Waals surface area (Å²) in [5.41, 5.74) is 0.0354. The molecule has 0 fully saturated rings. The Labute approximate surface area is 233 Å². The number of rotatable bonds is 7. The first-order valence-corrected chi connectivity index (χ1v) is 13.2. The number of nitrogens with one attached hydrogen (secondary N) is 2. The minimum Gasteiger partial charge on any atom is -0.444 e. The minimum absolute atomic E-state index is 0.217. The summed E-state index contributed by atoms with van der Waals surface area (Å²) in [6, 6.07) is 14.5. The Morgan fingerprint density at radius 1 is 0.897 bits per heavy atom. The topological polar surface area (TPSA) is 87.7 Å². The summed E-state index contributed by atoms with van der Waals surface area (Å²) in [6.07, 6.45) is 5.06. The van der Waals surface area contributed by atoms with E-state index in [2.05, 4.69) is 16.6 Å². The first kappa shape index (κ1) is 31.4. The highest BCUT2D eigenvalue weighted by Gasteiger charge is 2.42. The molecule has 2 atom stereocenters. The van der Waals surface area contributed by atoms with Gasteiger partial charge in [0.05, 0.1) is 0 Å². The zero-order valence-corrected chi connectivity index (χ0v) is 24.7. The fourth-order valence-electron chi connectivity index (χ4n) is 4.13. The van der Waals surface area contributed by atoms with Crippen LogP contribution in [0.4, 0.5) is 4.79 Å². The average Bonchev–Trinajstić information content (AvgIpc) is 2.79. The van der Waals surface area contributed by atoms with Crippen LogP contribution in [0.1, 0.15) is 85.0 Å². The van der Waals surface area contributed by atoms with Crippen molar-refractivity contribution < 1.29 is 19.1 Å². The van der Waals surface area contributed by atoms with Crippen molar-refractivity contribution in [3.63, 3.8) is 0 Å². The molecule has 0 aromatic heterocycles. The molecule has 2 aromatic carbocycles. The van der Waals surface area contributed by atoms with Gasteiger partial charge in [-0.3, -0.25) is 9.59 Å². The summed E-state index contributed by atoms with van der Waals surface area (Å²) in [4.78, 5) is 42.7. The maximum Gasteiger partial charge on any atom is 0.408 e. The minimum atomic E-state index is -0.989. The fraction of sp³-hybridized carbons (Fsp3) is 0.469. The Kier molecular flexibility index (Phi) is 9.97. The Morgan fingerprint density at radius 3 is 1.92 bits per heavy atom. The number of amides is 3. The third kappa shape index (κ3) is 9.79. The standard InChI is InChI=1S/C32H43N3O4/c1-11-22-17-19-24(20-18-22)26(27(36)34-30(2,3)4)35(31(5,6)7)28(37)25(21-23-15-13-12-14-16-23)33-29(38)39-32(8,9)10/h1,12-20,25-26H,21H2,2-10H3,(H,33,38)(H,34,36). The molecule has 0 saturated carbocycles.